The largest absolute Gasteiger partial charge is 0.236 e. The molecule has 0 atom stereocenters. The summed E-state index contributed by atoms with van der Waals surface area (Å²) >= 11 is 3.42. The van der Waals surface area contributed by atoms with Crippen LogP contribution >= 0.6 is 15.9 Å². The number of rotatable bonds is 1. The molecular formula is C14H9BrN2. The second kappa shape index (κ2) is 4.26. The van der Waals surface area contributed by atoms with Crippen LogP contribution < -0.4 is 0 Å². The number of halogens is 1. The van der Waals surface area contributed by atoms with E-state index in [4.69, 9.17) is 1.37 Å². The lowest BCUT2D eigenvalue weighted by atomic mass is 10.1. The average Bonchev–Trinajstić information content (AvgIpc) is 2.38. The summed E-state index contributed by atoms with van der Waals surface area (Å²) in [6.07, 6.45) is 0.0412. The molecule has 0 aliphatic carbocycles. The fourth-order valence-corrected chi connectivity index (χ4v) is 2.15. The summed E-state index contributed by atoms with van der Waals surface area (Å²) in [5, 5.41) is 0.959. The van der Waals surface area contributed by atoms with Crippen molar-refractivity contribution in [3.63, 3.8) is 0 Å². The molecule has 0 N–H and O–H groups in total. The minimum Gasteiger partial charge on any atom is -0.236 e. The average molecular weight is 286 g/mol. The topological polar surface area (TPSA) is 25.8 Å². The molecule has 0 fully saturated rings. The molecule has 0 amide bonds. The van der Waals surface area contributed by atoms with Crippen LogP contribution in [0, 0.1) is 0 Å². The molecular weight excluding hydrogens is 276 g/mol. The van der Waals surface area contributed by atoms with Crippen molar-refractivity contribution >= 4 is 26.8 Å². The van der Waals surface area contributed by atoms with E-state index in [2.05, 4.69) is 25.9 Å². The maximum absolute atomic E-state index is 7.70. The third-order valence-corrected chi connectivity index (χ3v) is 3.09. The van der Waals surface area contributed by atoms with Crippen LogP contribution in [0.4, 0.5) is 0 Å². The van der Waals surface area contributed by atoms with Gasteiger partial charge in [-0.3, -0.25) is 0 Å². The van der Waals surface area contributed by atoms with Crippen molar-refractivity contribution in [3.05, 3.63) is 59.3 Å². The highest BCUT2D eigenvalue weighted by molar-refractivity contribution is 9.10. The highest BCUT2D eigenvalue weighted by Crippen LogP contribution is 2.26. The first-order valence-corrected chi connectivity index (χ1v) is 6.03. The summed E-state index contributed by atoms with van der Waals surface area (Å²) in [5.41, 5.74) is 2.59. The van der Waals surface area contributed by atoms with E-state index in [9.17, 15) is 0 Å². The molecule has 0 radical (unpaired) electrons. The van der Waals surface area contributed by atoms with Crippen LogP contribution in [0.2, 0.25) is 0 Å². The van der Waals surface area contributed by atoms with Gasteiger partial charge in [0.1, 0.15) is 7.67 Å². The lowest BCUT2D eigenvalue weighted by Crippen LogP contribution is -1.88. The van der Waals surface area contributed by atoms with Crippen molar-refractivity contribution < 1.29 is 1.37 Å². The Labute approximate surface area is 109 Å². The minimum absolute atomic E-state index is 0.0412. The van der Waals surface area contributed by atoms with Crippen molar-refractivity contribution in [2.24, 2.45) is 0 Å². The van der Waals surface area contributed by atoms with Gasteiger partial charge >= 0.3 is 0 Å². The van der Waals surface area contributed by atoms with E-state index in [1.807, 2.05) is 48.5 Å². The van der Waals surface area contributed by atoms with Gasteiger partial charge in [0.2, 0.25) is 0 Å². The zero-order chi connectivity index (χ0) is 12.5. The number of hydrogen-bond acceptors (Lipinski definition) is 2. The second-order valence-electron chi connectivity index (χ2n) is 3.70. The van der Waals surface area contributed by atoms with Crippen molar-refractivity contribution in [2.45, 2.75) is 0 Å². The van der Waals surface area contributed by atoms with Crippen molar-refractivity contribution in [1.29, 1.82) is 0 Å². The maximum atomic E-state index is 7.70. The lowest BCUT2D eigenvalue weighted by Gasteiger charge is -2.05. The Bertz CT molecular complexity index is 708. The van der Waals surface area contributed by atoms with Crippen LogP contribution in [0.3, 0.4) is 0 Å². The lowest BCUT2D eigenvalue weighted by molar-refractivity contribution is 1.22. The van der Waals surface area contributed by atoms with Crippen LogP contribution in [0.1, 0.15) is 1.37 Å². The third-order valence-electron chi connectivity index (χ3n) is 2.59. The number of hydrogen-bond donors (Lipinski definition) is 0. The molecule has 1 aromatic heterocycles. The van der Waals surface area contributed by atoms with Crippen molar-refractivity contribution in [1.82, 2.24) is 9.97 Å². The minimum atomic E-state index is 0.0412. The molecule has 17 heavy (non-hydrogen) atoms. The molecule has 3 rings (SSSR count). The first-order valence-electron chi connectivity index (χ1n) is 5.73. The number of aromatic nitrogens is 2. The summed E-state index contributed by atoms with van der Waals surface area (Å²) in [5.74, 6) is 0. The van der Waals surface area contributed by atoms with Gasteiger partial charge in [0.05, 0.1) is 11.2 Å². The summed E-state index contributed by atoms with van der Waals surface area (Å²) in [7, 11) is 0. The molecule has 3 heteroatoms. The predicted octanol–water partition coefficient (Wildman–Crippen LogP) is 4.06. The summed E-state index contributed by atoms with van der Waals surface area (Å²) in [6.45, 7) is 0. The molecule has 0 spiro atoms. The highest BCUT2D eigenvalue weighted by atomic mass is 79.9. The molecule has 2 aromatic carbocycles. The Kier molecular flexibility index (Phi) is 2.33. The fourth-order valence-electron chi connectivity index (χ4n) is 1.80. The van der Waals surface area contributed by atoms with Gasteiger partial charge in [0, 0.05) is 15.4 Å². The first-order chi connectivity index (χ1) is 8.74. The molecule has 0 bridgehead atoms. The van der Waals surface area contributed by atoms with E-state index < -0.39 is 0 Å². The van der Waals surface area contributed by atoms with Crippen LogP contribution in [-0.4, -0.2) is 9.97 Å². The zero-order valence-corrected chi connectivity index (χ0v) is 10.5. The van der Waals surface area contributed by atoms with E-state index in [1.165, 1.54) is 0 Å². The van der Waals surface area contributed by atoms with Crippen LogP contribution in [0.5, 0.6) is 0 Å². The monoisotopic (exact) mass is 285 g/mol. The third kappa shape index (κ3) is 1.94. The molecule has 0 unspecified atom stereocenters. The van der Waals surface area contributed by atoms with Gasteiger partial charge in [-0.15, -0.1) is 0 Å². The summed E-state index contributed by atoms with van der Waals surface area (Å²) in [4.78, 5) is 8.39. The quantitative estimate of drug-likeness (QED) is 0.674. The molecule has 0 saturated carbocycles. The smallest absolute Gasteiger partial charge is 0.116 e. The Balaban J connectivity index is 2.35. The number of nitrogens with zero attached hydrogens (tertiary/aromatic N) is 2. The van der Waals surface area contributed by atoms with Gasteiger partial charge in [-0.1, -0.05) is 46.3 Å². The highest BCUT2D eigenvalue weighted by Gasteiger charge is 2.05. The predicted molar refractivity (Wildman–Crippen MR) is 72.7 cm³/mol. The summed E-state index contributed by atoms with van der Waals surface area (Å²) in [6, 6.07) is 15.7. The van der Waals surface area contributed by atoms with Crippen LogP contribution in [-0.2, 0) is 0 Å². The van der Waals surface area contributed by atoms with E-state index in [0.717, 1.165) is 26.6 Å². The summed E-state index contributed by atoms with van der Waals surface area (Å²) < 4.78 is 8.65. The number of benzene rings is 2. The molecule has 0 saturated heterocycles. The van der Waals surface area contributed by atoms with Crippen molar-refractivity contribution in [3.8, 4) is 11.3 Å². The van der Waals surface area contributed by atoms with Gasteiger partial charge in [0.15, 0.2) is 0 Å². The Morgan fingerprint density at radius 3 is 2.65 bits per heavy atom. The molecule has 82 valence electrons. The molecule has 0 aliphatic heterocycles. The van der Waals surface area contributed by atoms with Gasteiger partial charge in [0.25, 0.3) is 0 Å². The maximum Gasteiger partial charge on any atom is 0.116 e. The zero-order valence-electron chi connectivity index (χ0n) is 9.89. The molecule has 3 aromatic rings. The van der Waals surface area contributed by atoms with Gasteiger partial charge in [-0.2, -0.15) is 0 Å². The molecule has 0 aliphatic rings. The van der Waals surface area contributed by atoms with E-state index >= 15 is 0 Å². The van der Waals surface area contributed by atoms with Gasteiger partial charge in [-0.25, -0.2) is 9.97 Å². The van der Waals surface area contributed by atoms with Crippen LogP contribution in [0.15, 0.2) is 59.3 Å². The molecule has 2 nitrogen and oxygen atoms in total. The Morgan fingerprint density at radius 1 is 1.00 bits per heavy atom. The van der Waals surface area contributed by atoms with E-state index in [0.29, 0.717) is 0 Å². The fraction of sp³-hybridized carbons (Fsp3) is 0. The standard InChI is InChI=1S/C14H9BrN2/c15-11-6-7-12-13(8-11)16-9-17-14(12)10-4-2-1-3-5-10/h1-9H/i9D. The van der Waals surface area contributed by atoms with Gasteiger partial charge in [-0.05, 0) is 18.2 Å². The first kappa shape index (κ1) is 9.31. The van der Waals surface area contributed by atoms with E-state index in [-0.39, 0.29) is 6.30 Å². The number of fused-ring (bicyclic) bond motifs is 1. The van der Waals surface area contributed by atoms with Crippen LogP contribution in [0.25, 0.3) is 22.2 Å². The molecule has 1 heterocycles. The van der Waals surface area contributed by atoms with Crippen molar-refractivity contribution in [2.75, 3.05) is 0 Å². The van der Waals surface area contributed by atoms with Gasteiger partial charge < -0.3 is 0 Å². The van der Waals surface area contributed by atoms with E-state index in [1.54, 1.807) is 0 Å². The normalized spacial score (nSPS) is 11.5. The Hall–Kier alpha value is -1.74. The SMILES string of the molecule is [2H]c1nc(-c2ccccc2)c2ccc(Br)cc2n1. The Morgan fingerprint density at radius 2 is 1.82 bits per heavy atom. The second-order valence-corrected chi connectivity index (χ2v) is 4.62.